The molecule has 0 spiro atoms. The minimum absolute atomic E-state index is 0.0478. The lowest BCUT2D eigenvalue weighted by atomic mass is 10.1. The summed E-state index contributed by atoms with van der Waals surface area (Å²) in [7, 11) is 0. The average Bonchev–Trinajstić information content (AvgIpc) is 3.05. The Hall–Kier alpha value is -1.80. The molecule has 0 unspecified atom stereocenters. The molecule has 23 heavy (non-hydrogen) atoms. The van der Waals surface area contributed by atoms with Crippen LogP contribution >= 0.6 is 11.8 Å². The number of hydrogen-bond donors (Lipinski definition) is 1. The highest BCUT2D eigenvalue weighted by Gasteiger charge is 2.34. The number of non-ortho nitro benzene ring substituents is 1. The number of anilines is 1. The summed E-state index contributed by atoms with van der Waals surface area (Å²) in [5, 5.41) is 23.8. The molecule has 2 fully saturated rings. The van der Waals surface area contributed by atoms with Crippen molar-refractivity contribution in [2.75, 3.05) is 23.7 Å². The maximum absolute atomic E-state index is 11.1. The molecule has 2 N–H and O–H groups in total. The van der Waals surface area contributed by atoms with Gasteiger partial charge in [-0.2, -0.15) is 0 Å². The molecule has 0 saturated carbocycles. The van der Waals surface area contributed by atoms with E-state index in [0.29, 0.717) is 5.75 Å². The lowest BCUT2D eigenvalue weighted by Gasteiger charge is -2.31. The number of nitro benzene ring substituents is 1. The second-order valence-electron chi connectivity index (χ2n) is 5.92. The van der Waals surface area contributed by atoms with Gasteiger partial charge in [0.25, 0.3) is 5.69 Å². The maximum atomic E-state index is 11.1. The van der Waals surface area contributed by atoms with Gasteiger partial charge in [0.05, 0.1) is 16.2 Å². The van der Waals surface area contributed by atoms with Gasteiger partial charge >= 0.3 is 0 Å². The third-order valence-corrected chi connectivity index (χ3v) is 5.71. The number of nitro groups is 1. The molecule has 8 heteroatoms. The van der Waals surface area contributed by atoms with Crippen LogP contribution in [0.3, 0.4) is 0 Å². The van der Waals surface area contributed by atoms with E-state index in [4.69, 9.17) is 0 Å². The number of aliphatic carboxylic acids is 1. The molecule has 0 bridgehead atoms. The molecule has 3 rings (SSSR count). The Bertz CT molecular complexity index is 619. The van der Waals surface area contributed by atoms with Crippen LogP contribution in [0.2, 0.25) is 0 Å². The molecule has 2 atom stereocenters. The zero-order chi connectivity index (χ0) is 16.4. The number of quaternary nitrogens is 1. The van der Waals surface area contributed by atoms with Gasteiger partial charge in [0.1, 0.15) is 12.0 Å². The first-order chi connectivity index (χ1) is 11.1. The number of hydrogen-bond acceptors (Lipinski definition) is 6. The molecule has 0 amide bonds. The smallest absolute Gasteiger partial charge is 0.270 e. The topological polar surface area (TPSA) is 103 Å². The van der Waals surface area contributed by atoms with Crippen LogP contribution in [-0.2, 0) is 4.79 Å². The first-order valence-electron chi connectivity index (χ1n) is 7.77. The monoisotopic (exact) mass is 337 g/mol. The lowest BCUT2D eigenvalue weighted by Crippen LogP contribution is -2.90. The summed E-state index contributed by atoms with van der Waals surface area (Å²) >= 11 is 1.50. The fourth-order valence-electron chi connectivity index (χ4n) is 3.18. The number of thioether (sulfide) groups is 1. The van der Waals surface area contributed by atoms with E-state index < -0.39 is 16.9 Å². The molecule has 124 valence electrons. The van der Waals surface area contributed by atoms with Gasteiger partial charge in [-0.15, -0.1) is 0 Å². The Morgan fingerprint density at radius 3 is 2.65 bits per heavy atom. The zero-order valence-electron chi connectivity index (χ0n) is 12.6. The Kier molecular flexibility index (Phi) is 4.72. The number of piperidine rings is 1. The SMILES string of the molecule is O=C([O-])[C@@H]1CS[C@@H](c2cc([N+](=O)[O-])ccc2N2CCCCC2)[NH2+]1. The van der Waals surface area contributed by atoms with Crippen molar-refractivity contribution in [3.05, 3.63) is 33.9 Å². The molecule has 1 aromatic carbocycles. The number of carboxylic acid groups (broad SMARTS) is 1. The van der Waals surface area contributed by atoms with Gasteiger partial charge in [0.15, 0.2) is 5.37 Å². The number of nitrogens with two attached hydrogens (primary N) is 1. The molecule has 0 radical (unpaired) electrons. The number of carbonyl (C=O) groups excluding carboxylic acids is 1. The Labute approximate surface area is 138 Å². The van der Waals surface area contributed by atoms with Gasteiger partial charge in [-0.25, -0.2) is 0 Å². The minimum atomic E-state index is -1.08. The second kappa shape index (κ2) is 6.76. The van der Waals surface area contributed by atoms with E-state index in [1.165, 1.54) is 24.2 Å². The van der Waals surface area contributed by atoms with E-state index in [2.05, 4.69) is 4.90 Å². The van der Waals surface area contributed by atoms with Crippen LogP contribution in [0.1, 0.15) is 30.2 Å². The van der Waals surface area contributed by atoms with Crippen LogP contribution < -0.4 is 15.3 Å². The van der Waals surface area contributed by atoms with Crippen molar-refractivity contribution in [1.82, 2.24) is 0 Å². The van der Waals surface area contributed by atoms with E-state index >= 15 is 0 Å². The van der Waals surface area contributed by atoms with Crippen molar-refractivity contribution in [3.63, 3.8) is 0 Å². The van der Waals surface area contributed by atoms with Gasteiger partial charge < -0.3 is 20.1 Å². The molecule has 2 aliphatic rings. The largest absolute Gasteiger partial charge is 0.544 e. The third-order valence-electron chi connectivity index (χ3n) is 4.39. The number of carboxylic acids is 1. The van der Waals surface area contributed by atoms with Gasteiger partial charge in [-0.1, -0.05) is 11.8 Å². The number of nitrogens with zero attached hydrogens (tertiary/aromatic N) is 2. The standard InChI is InChI=1S/C15H19N3O4S/c19-15(20)12-9-23-14(16-12)11-8-10(18(21)22)4-5-13(11)17-6-2-1-3-7-17/h4-5,8,12,14,16H,1-3,6-7,9H2,(H,19,20)/t12-,14-/m0/s1. The van der Waals surface area contributed by atoms with Crippen LogP contribution in [-0.4, -0.2) is 35.8 Å². The van der Waals surface area contributed by atoms with Gasteiger partial charge in [-0.05, 0) is 25.3 Å². The first kappa shape index (κ1) is 16.1. The summed E-state index contributed by atoms with van der Waals surface area (Å²) in [6, 6.07) is 4.33. The zero-order valence-corrected chi connectivity index (χ0v) is 13.5. The Morgan fingerprint density at radius 1 is 1.30 bits per heavy atom. The van der Waals surface area contributed by atoms with E-state index in [9.17, 15) is 20.0 Å². The normalized spacial score (nSPS) is 24.6. The van der Waals surface area contributed by atoms with Crippen molar-refractivity contribution in [3.8, 4) is 0 Å². The van der Waals surface area contributed by atoms with E-state index in [1.807, 2.05) is 0 Å². The predicted molar refractivity (Wildman–Crippen MR) is 85.1 cm³/mol. The summed E-state index contributed by atoms with van der Waals surface area (Å²) in [6.07, 6.45) is 3.43. The molecule has 0 aliphatic carbocycles. The fraction of sp³-hybridized carbons (Fsp3) is 0.533. The summed E-state index contributed by atoms with van der Waals surface area (Å²) in [4.78, 5) is 24.0. The highest BCUT2D eigenvalue weighted by Crippen LogP contribution is 2.37. The van der Waals surface area contributed by atoms with Crippen LogP contribution in [0.25, 0.3) is 0 Å². The van der Waals surface area contributed by atoms with Crippen molar-refractivity contribution < 1.29 is 20.1 Å². The summed E-state index contributed by atoms with van der Waals surface area (Å²) in [5.74, 6) is -0.625. The molecule has 0 aromatic heterocycles. The quantitative estimate of drug-likeness (QED) is 0.613. The molecule has 1 aromatic rings. The number of rotatable bonds is 4. The van der Waals surface area contributed by atoms with E-state index in [-0.39, 0.29) is 11.1 Å². The summed E-state index contributed by atoms with van der Waals surface area (Å²) in [6.45, 7) is 1.87. The molecular weight excluding hydrogens is 318 g/mol. The van der Waals surface area contributed by atoms with Crippen LogP contribution in [0.5, 0.6) is 0 Å². The van der Waals surface area contributed by atoms with Gasteiger partial charge in [-0.3, -0.25) is 10.1 Å². The Morgan fingerprint density at radius 2 is 2.04 bits per heavy atom. The maximum Gasteiger partial charge on any atom is 0.270 e. The highest BCUT2D eigenvalue weighted by atomic mass is 32.2. The molecule has 2 saturated heterocycles. The fourth-order valence-corrected chi connectivity index (χ4v) is 4.51. The molecule has 2 heterocycles. The number of benzene rings is 1. The highest BCUT2D eigenvalue weighted by molar-refractivity contribution is 7.99. The van der Waals surface area contributed by atoms with Gasteiger partial charge in [0.2, 0.25) is 0 Å². The van der Waals surface area contributed by atoms with Crippen LogP contribution in [0.15, 0.2) is 18.2 Å². The first-order valence-corrected chi connectivity index (χ1v) is 8.82. The van der Waals surface area contributed by atoms with Crippen molar-refractivity contribution in [2.45, 2.75) is 30.7 Å². The van der Waals surface area contributed by atoms with Crippen molar-refractivity contribution in [1.29, 1.82) is 0 Å². The van der Waals surface area contributed by atoms with Crippen molar-refractivity contribution >= 4 is 29.1 Å². The predicted octanol–water partition coefficient (Wildman–Crippen LogP) is 0.0124. The van der Waals surface area contributed by atoms with Gasteiger partial charge in [0, 0.05) is 30.9 Å². The summed E-state index contributed by atoms with van der Waals surface area (Å²) < 4.78 is 0. The van der Waals surface area contributed by atoms with E-state index in [0.717, 1.165) is 37.2 Å². The third kappa shape index (κ3) is 3.42. The van der Waals surface area contributed by atoms with Crippen LogP contribution in [0, 0.1) is 10.1 Å². The van der Waals surface area contributed by atoms with Crippen LogP contribution in [0.4, 0.5) is 11.4 Å². The number of carbonyl (C=O) groups is 1. The average molecular weight is 337 g/mol. The second-order valence-corrected chi connectivity index (χ2v) is 7.09. The van der Waals surface area contributed by atoms with E-state index in [1.54, 1.807) is 17.4 Å². The minimum Gasteiger partial charge on any atom is -0.544 e. The lowest BCUT2D eigenvalue weighted by molar-refractivity contribution is -0.690. The molecule has 2 aliphatic heterocycles. The summed E-state index contributed by atoms with van der Waals surface area (Å²) in [5.41, 5.74) is 1.88. The molecule has 7 nitrogen and oxygen atoms in total. The Balaban J connectivity index is 1.93. The molecular formula is C15H19N3O4S. The van der Waals surface area contributed by atoms with Crippen molar-refractivity contribution in [2.24, 2.45) is 0 Å².